The van der Waals surface area contributed by atoms with Crippen molar-refractivity contribution in [2.75, 3.05) is 18.8 Å². The van der Waals surface area contributed by atoms with Gasteiger partial charge >= 0.3 is 5.97 Å². The zero-order valence-electron chi connectivity index (χ0n) is 9.81. The van der Waals surface area contributed by atoms with Crippen molar-refractivity contribution in [3.63, 3.8) is 0 Å². The molecule has 0 bridgehead atoms. The largest absolute Gasteiger partial charge is 0.481 e. The summed E-state index contributed by atoms with van der Waals surface area (Å²) < 4.78 is 25.3. The number of sulfonamides is 1. The lowest BCUT2D eigenvalue weighted by atomic mass is 10.3. The van der Waals surface area contributed by atoms with Gasteiger partial charge in [0.2, 0.25) is 10.0 Å². The molecule has 7 heteroatoms. The van der Waals surface area contributed by atoms with Crippen LogP contribution in [0.1, 0.15) is 32.1 Å². The molecule has 0 aromatic carbocycles. The van der Waals surface area contributed by atoms with Gasteiger partial charge in [-0.3, -0.25) is 4.79 Å². The Hall–Kier alpha value is -0.660. The van der Waals surface area contributed by atoms with Gasteiger partial charge in [0.05, 0.1) is 5.75 Å². The minimum atomic E-state index is -3.30. The number of carbonyl (C=O) groups is 1. The molecule has 6 nitrogen and oxygen atoms in total. The highest BCUT2D eigenvalue weighted by molar-refractivity contribution is 7.89. The van der Waals surface area contributed by atoms with E-state index in [0.29, 0.717) is 12.6 Å². The third-order valence-corrected chi connectivity index (χ3v) is 3.96. The van der Waals surface area contributed by atoms with E-state index in [2.05, 4.69) is 10.0 Å². The monoisotopic (exact) mass is 264 g/mol. The minimum absolute atomic E-state index is 0.107. The molecule has 0 aromatic heterocycles. The Morgan fingerprint density at radius 1 is 1.24 bits per heavy atom. The maximum absolute atomic E-state index is 11.4. The van der Waals surface area contributed by atoms with Crippen LogP contribution in [0.3, 0.4) is 0 Å². The molecule has 1 aliphatic rings. The Bertz CT molecular complexity index is 338. The van der Waals surface area contributed by atoms with E-state index in [1.165, 1.54) is 12.8 Å². The molecule has 1 saturated carbocycles. The zero-order valence-corrected chi connectivity index (χ0v) is 10.6. The van der Waals surface area contributed by atoms with Gasteiger partial charge in [0.25, 0.3) is 0 Å². The third kappa shape index (κ3) is 8.12. The van der Waals surface area contributed by atoms with Crippen LogP contribution in [0.4, 0.5) is 0 Å². The van der Waals surface area contributed by atoms with Crippen molar-refractivity contribution in [1.29, 1.82) is 0 Å². The standard InChI is InChI=1S/C10H20N2O4S/c13-10(14)3-1-8-17(15,16)12-7-2-6-11-9-4-5-9/h9,11-12H,1-8H2,(H,13,14). The van der Waals surface area contributed by atoms with E-state index in [1.807, 2.05) is 0 Å². The van der Waals surface area contributed by atoms with Gasteiger partial charge in [0.1, 0.15) is 0 Å². The van der Waals surface area contributed by atoms with Crippen LogP contribution in [0.15, 0.2) is 0 Å². The molecule has 100 valence electrons. The third-order valence-electron chi connectivity index (χ3n) is 2.49. The second-order valence-corrected chi connectivity index (χ2v) is 6.22. The normalized spacial score (nSPS) is 16.0. The fourth-order valence-electron chi connectivity index (χ4n) is 1.40. The molecule has 1 aliphatic carbocycles. The van der Waals surface area contributed by atoms with E-state index in [-0.39, 0.29) is 18.6 Å². The molecule has 0 atom stereocenters. The van der Waals surface area contributed by atoms with Gasteiger partial charge < -0.3 is 10.4 Å². The van der Waals surface area contributed by atoms with E-state index >= 15 is 0 Å². The lowest BCUT2D eigenvalue weighted by Gasteiger charge is -2.06. The molecular formula is C10H20N2O4S. The first-order chi connectivity index (χ1) is 7.99. The van der Waals surface area contributed by atoms with Crippen molar-refractivity contribution in [3.8, 4) is 0 Å². The van der Waals surface area contributed by atoms with E-state index in [4.69, 9.17) is 5.11 Å². The van der Waals surface area contributed by atoms with E-state index in [9.17, 15) is 13.2 Å². The molecule has 17 heavy (non-hydrogen) atoms. The Labute approximate surface area is 102 Å². The first-order valence-corrected chi connectivity index (χ1v) is 7.57. The number of carboxylic acids is 1. The maximum atomic E-state index is 11.4. The van der Waals surface area contributed by atoms with Gasteiger partial charge in [-0.1, -0.05) is 0 Å². The van der Waals surface area contributed by atoms with Crippen LogP contribution >= 0.6 is 0 Å². The lowest BCUT2D eigenvalue weighted by Crippen LogP contribution is -2.30. The van der Waals surface area contributed by atoms with E-state index in [0.717, 1.165) is 13.0 Å². The van der Waals surface area contributed by atoms with Crippen molar-refractivity contribution in [2.45, 2.75) is 38.1 Å². The predicted octanol–water partition coefficient (Wildman–Crippen LogP) is -0.0873. The average Bonchev–Trinajstić information content (AvgIpc) is 3.00. The molecule has 3 N–H and O–H groups in total. The van der Waals surface area contributed by atoms with Gasteiger partial charge in [-0.05, 0) is 32.2 Å². The lowest BCUT2D eigenvalue weighted by molar-refractivity contribution is -0.137. The Morgan fingerprint density at radius 3 is 2.53 bits per heavy atom. The molecule has 0 aliphatic heterocycles. The van der Waals surface area contributed by atoms with Gasteiger partial charge in [-0.2, -0.15) is 0 Å². The first kappa shape index (κ1) is 14.4. The summed E-state index contributed by atoms with van der Waals surface area (Å²) in [5.41, 5.74) is 0. The molecule has 1 rings (SSSR count). The highest BCUT2D eigenvalue weighted by Crippen LogP contribution is 2.18. The summed E-state index contributed by atoms with van der Waals surface area (Å²) >= 11 is 0. The second kappa shape index (κ2) is 6.93. The summed E-state index contributed by atoms with van der Waals surface area (Å²) in [7, 11) is -3.30. The summed E-state index contributed by atoms with van der Waals surface area (Å²) in [5.74, 6) is -1.08. The van der Waals surface area contributed by atoms with E-state index in [1.54, 1.807) is 0 Å². The summed E-state index contributed by atoms with van der Waals surface area (Å²) in [6.07, 6.45) is 3.26. The maximum Gasteiger partial charge on any atom is 0.303 e. The molecule has 1 fully saturated rings. The SMILES string of the molecule is O=C(O)CCCS(=O)(=O)NCCCNC1CC1. The Balaban J connectivity index is 2.00. The summed E-state index contributed by atoms with van der Waals surface area (Å²) in [6.45, 7) is 1.23. The molecule has 0 saturated heterocycles. The fraction of sp³-hybridized carbons (Fsp3) is 0.900. The summed E-state index contributed by atoms with van der Waals surface area (Å²) in [5, 5.41) is 11.7. The number of carboxylic acid groups (broad SMARTS) is 1. The van der Waals surface area contributed by atoms with Crippen molar-refractivity contribution < 1.29 is 18.3 Å². The topological polar surface area (TPSA) is 95.5 Å². The summed E-state index contributed by atoms with van der Waals surface area (Å²) in [4.78, 5) is 10.2. The van der Waals surface area contributed by atoms with Crippen molar-refractivity contribution >= 4 is 16.0 Å². The second-order valence-electron chi connectivity index (χ2n) is 4.29. The van der Waals surface area contributed by atoms with Crippen LogP contribution in [0.25, 0.3) is 0 Å². The minimum Gasteiger partial charge on any atom is -0.481 e. The smallest absolute Gasteiger partial charge is 0.303 e. The summed E-state index contributed by atoms with van der Waals surface area (Å²) in [6, 6.07) is 0.641. The van der Waals surface area contributed by atoms with Crippen molar-refractivity contribution in [3.05, 3.63) is 0 Å². The molecule has 0 unspecified atom stereocenters. The molecule has 0 heterocycles. The predicted molar refractivity (Wildman–Crippen MR) is 64.3 cm³/mol. The quantitative estimate of drug-likeness (QED) is 0.479. The van der Waals surface area contributed by atoms with Crippen LogP contribution in [0.5, 0.6) is 0 Å². The number of rotatable bonds is 10. The highest BCUT2D eigenvalue weighted by Gasteiger charge is 2.19. The molecule has 0 radical (unpaired) electrons. The number of nitrogens with one attached hydrogen (secondary N) is 2. The van der Waals surface area contributed by atoms with Crippen LogP contribution in [-0.2, 0) is 14.8 Å². The average molecular weight is 264 g/mol. The fourth-order valence-corrected chi connectivity index (χ4v) is 2.52. The zero-order chi connectivity index (χ0) is 12.7. The number of aliphatic carboxylic acids is 1. The van der Waals surface area contributed by atoms with Crippen LogP contribution in [0, 0.1) is 0 Å². The first-order valence-electron chi connectivity index (χ1n) is 5.92. The number of hydrogen-bond acceptors (Lipinski definition) is 4. The molecular weight excluding hydrogens is 244 g/mol. The van der Waals surface area contributed by atoms with Gasteiger partial charge in [-0.15, -0.1) is 0 Å². The Kier molecular flexibility index (Phi) is 5.87. The molecule has 0 aromatic rings. The number of hydrogen-bond donors (Lipinski definition) is 3. The molecule has 0 spiro atoms. The van der Waals surface area contributed by atoms with Gasteiger partial charge in [0.15, 0.2) is 0 Å². The highest BCUT2D eigenvalue weighted by atomic mass is 32.2. The molecule has 0 amide bonds. The van der Waals surface area contributed by atoms with Crippen LogP contribution < -0.4 is 10.0 Å². The van der Waals surface area contributed by atoms with Crippen LogP contribution in [-0.4, -0.2) is 44.4 Å². The van der Waals surface area contributed by atoms with Crippen molar-refractivity contribution in [1.82, 2.24) is 10.0 Å². The van der Waals surface area contributed by atoms with Gasteiger partial charge in [-0.25, -0.2) is 13.1 Å². The van der Waals surface area contributed by atoms with Crippen molar-refractivity contribution in [2.24, 2.45) is 0 Å². The van der Waals surface area contributed by atoms with E-state index < -0.39 is 16.0 Å². The van der Waals surface area contributed by atoms with Gasteiger partial charge in [0, 0.05) is 19.0 Å². The van der Waals surface area contributed by atoms with Crippen LogP contribution in [0.2, 0.25) is 0 Å². The Morgan fingerprint density at radius 2 is 1.94 bits per heavy atom.